The van der Waals surface area contributed by atoms with Crippen LogP contribution in [0.3, 0.4) is 0 Å². The van der Waals surface area contributed by atoms with Gasteiger partial charge in [0.05, 0.1) is 17.4 Å². The van der Waals surface area contributed by atoms with Crippen LogP contribution in [0.15, 0.2) is 42.5 Å². The molecule has 0 fully saturated rings. The first-order valence-electron chi connectivity index (χ1n) is 8.75. The largest absolute Gasteiger partial charge is 0.481 e. The number of anilines is 1. The molecule has 2 rings (SSSR count). The molecule has 0 radical (unpaired) electrons. The summed E-state index contributed by atoms with van der Waals surface area (Å²) < 4.78 is 38.6. The van der Waals surface area contributed by atoms with E-state index in [2.05, 4.69) is 5.32 Å². The van der Waals surface area contributed by atoms with Gasteiger partial charge in [0.1, 0.15) is 0 Å². The fourth-order valence-corrected chi connectivity index (χ4v) is 3.12. The summed E-state index contributed by atoms with van der Waals surface area (Å²) in [4.78, 5) is 24.2. The molecule has 2 N–H and O–H groups in total. The van der Waals surface area contributed by atoms with Gasteiger partial charge < -0.3 is 10.4 Å². The lowest BCUT2D eigenvalue weighted by Crippen LogP contribution is -2.34. The van der Waals surface area contributed by atoms with Gasteiger partial charge in [-0.3, -0.25) is 9.59 Å². The molecule has 0 aliphatic heterocycles. The van der Waals surface area contributed by atoms with Gasteiger partial charge in [0.25, 0.3) is 0 Å². The maximum Gasteiger partial charge on any atom is 0.416 e. The zero-order valence-corrected chi connectivity index (χ0v) is 15.8. The molecule has 28 heavy (non-hydrogen) atoms. The van der Waals surface area contributed by atoms with Crippen molar-refractivity contribution < 1.29 is 27.9 Å². The Morgan fingerprint density at radius 1 is 1.07 bits per heavy atom. The maximum atomic E-state index is 12.9. The van der Waals surface area contributed by atoms with Gasteiger partial charge in [-0.15, -0.1) is 0 Å². The number of aliphatic carboxylic acids is 1. The molecule has 0 saturated carbocycles. The Morgan fingerprint density at radius 2 is 1.68 bits per heavy atom. The van der Waals surface area contributed by atoms with E-state index in [0.717, 1.165) is 28.8 Å². The van der Waals surface area contributed by atoms with E-state index in [1.54, 1.807) is 0 Å². The normalized spacial score (nSPS) is 13.6. The molecule has 0 bridgehead atoms. The standard InChI is InChI=1S/C21H22F3NO3/c1-12-7-13(2)9-15(8-12)10-18(14(3)20(27)28)19(26)25-17-6-4-5-16(11-17)21(22,23)24/h4-9,11,14,18H,10H2,1-3H3,(H,25,26)(H,27,28)/t14-,18-/m0/s1. The minimum absolute atomic E-state index is 0.0252. The van der Waals surface area contributed by atoms with Gasteiger partial charge in [0.2, 0.25) is 5.91 Å². The van der Waals surface area contributed by atoms with Gasteiger partial charge in [0, 0.05) is 5.69 Å². The van der Waals surface area contributed by atoms with Crippen molar-refractivity contribution in [2.24, 2.45) is 11.8 Å². The highest BCUT2D eigenvalue weighted by atomic mass is 19.4. The van der Waals surface area contributed by atoms with Crippen molar-refractivity contribution in [3.63, 3.8) is 0 Å². The first kappa shape index (κ1) is 21.5. The summed E-state index contributed by atoms with van der Waals surface area (Å²) in [6.07, 6.45) is -4.37. The lowest BCUT2D eigenvalue weighted by molar-refractivity contribution is -0.145. The molecule has 7 heteroatoms. The number of halogens is 3. The second-order valence-electron chi connectivity index (χ2n) is 7.00. The van der Waals surface area contributed by atoms with E-state index >= 15 is 0 Å². The number of carboxylic acid groups (broad SMARTS) is 1. The molecule has 2 atom stereocenters. The molecule has 1 amide bonds. The number of benzene rings is 2. The summed E-state index contributed by atoms with van der Waals surface area (Å²) in [7, 11) is 0. The molecular weight excluding hydrogens is 371 g/mol. The summed E-state index contributed by atoms with van der Waals surface area (Å²) >= 11 is 0. The Labute approximate surface area is 161 Å². The predicted molar refractivity (Wildman–Crippen MR) is 100.0 cm³/mol. The van der Waals surface area contributed by atoms with Crippen LogP contribution < -0.4 is 5.32 Å². The number of carbonyl (C=O) groups is 2. The lowest BCUT2D eigenvalue weighted by Gasteiger charge is -2.21. The molecule has 4 nitrogen and oxygen atoms in total. The van der Waals surface area contributed by atoms with Crippen molar-refractivity contribution in [3.05, 3.63) is 64.7 Å². The molecule has 0 aliphatic rings. The number of hydrogen-bond donors (Lipinski definition) is 2. The summed E-state index contributed by atoms with van der Waals surface area (Å²) in [5, 5.41) is 11.8. The Kier molecular flexibility index (Phi) is 6.48. The Balaban J connectivity index is 2.28. The third-order valence-electron chi connectivity index (χ3n) is 4.52. The zero-order chi connectivity index (χ0) is 21.1. The number of hydrogen-bond acceptors (Lipinski definition) is 2. The van der Waals surface area contributed by atoms with E-state index in [-0.39, 0.29) is 12.1 Å². The van der Waals surface area contributed by atoms with Crippen LogP contribution in [-0.4, -0.2) is 17.0 Å². The zero-order valence-electron chi connectivity index (χ0n) is 15.8. The molecular formula is C21H22F3NO3. The number of alkyl halides is 3. The Hall–Kier alpha value is -2.83. The van der Waals surface area contributed by atoms with Crippen molar-refractivity contribution in [2.75, 3.05) is 5.32 Å². The Morgan fingerprint density at radius 3 is 2.21 bits per heavy atom. The number of rotatable bonds is 6. The molecule has 0 aliphatic carbocycles. The number of nitrogens with one attached hydrogen (secondary N) is 1. The fraction of sp³-hybridized carbons (Fsp3) is 0.333. The molecule has 150 valence electrons. The first-order chi connectivity index (χ1) is 13.0. The van der Waals surface area contributed by atoms with E-state index in [4.69, 9.17) is 0 Å². The van der Waals surface area contributed by atoms with Crippen molar-refractivity contribution in [1.82, 2.24) is 0 Å². The number of aryl methyl sites for hydroxylation is 2. The smallest absolute Gasteiger partial charge is 0.416 e. The molecule has 0 heterocycles. The van der Waals surface area contributed by atoms with Crippen molar-refractivity contribution >= 4 is 17.6 Å². The first-order valence-corrected chi connectivity index (χ1v) is 8.75. The molecule has 0 unspecified atom stereocenters. The van der Waals surface area contributed by atoms with E-state index in [0.29, 0.717) is 0 Å². The van der Waals surface area contributed by atoms with Crippen molar-refractivity contribution in [2.45, 2.75) is 33.4 Å². The van der Waals surface area contributed by atoms with Gasteiger partial charge in [0.15, 0.2) is 0 Å². The predicted octanol–water partition coefficient (Wildman–Crippen LogP) is 4.84. The molecule has 0 saturated heterocycles. The average Bonchev–Trinajstić information content (AvgIpc) is 2.57. The van der Waals surface area contributed by atoms with Crippen LogP contribution in [0.4, 0.5) is 18.9 Å². The minimum atomic E-state index is -4.53. The maximum absolute atomic E-state index is 12.9. The van der Waals surface area contributed by atoms with E-state index in [1.165, 1.54) is 19.1 Å². The van der Waals surface area contributed by atoms with Crippen molar-refractivity contribution in [1.29, 1.82) is 0 Å². The molecule has 2 aromatic carbocycles. The summed E-state index contributed by atoms with van der Waals surface area (Å²) in [6, 6.07) is 9.96. The third-order valence-corrected chi connectivity index (χ3v) is 4.52. The van der Waals surface area contributed by atoms with Gasteiger partial charge in [-0.1, -0.05) is 42.3 Å². The lowest BCUT2D eigenvalue weighted by atomic mass is 9.86. The monoisotopic (exact) mass is 393 g/mol. The highest BCUT2D eigenvalue weighted by Gasteiger charge is 2.32. The summed E-state index contributed by atoms with van der Waals surface area (Å²) in [6.45, 7) is 5.21. The molecule has 0 aromatic heterocycles. The third kappa shape index (κ3) is 5.58. The second-order valence-corrected chi connectivity index (χ2v) is 7.00. The van der Waals surface area contributed by atoms with Gasteiger partial charge in [-0.25, -0.2) is 0 Å². The molecule has 2 aromatic rings. The number of amides is 1. The van der Waals surface area contributed by atoms with Crippen LogP contribution in [0.5, 0.6) is 0 Å². The van der Waals surface area contributed by atoms with E-state index < -0.39 is 35.5 Å². The van der Waals surface area contributed by atoms with Crippen molar-refractivity contribution in [3.8, 4) is 0 Å². The van der Waals surface area contributed by atoms with Gasteiger partial charge in [-0.05, 0) is 44.0 Å². The second kappa shape index (κ2) is 8.46. The highest BCUT2D eigenvalue weighted by molar-refractivity contribution is 5.95. The average molecular weight is 393 g/mol. The van der Waals surface area contributed by atoms with Crippen LogP contribution in [0.2, 0.25) is 0 Å². The SMILES string of the molecule is Cc1cc(C)cc(C[C@H](C(=O)Nc2cccc(C(F)(F)F)c2)[C@H](C)C(=O)O)c1. The van der Waals surface area contributed by atoms with Crippen LogP contribution in [0.25, 0.3) is 0 Å². The quantitative estimate of drug-likeness (QED) is 0.738. The van der Waals surface area contributed by atoms with E-state index in [9.17, 15) is 27.9 Å². The summed E-state index contributed by atoms with van der Waals surface area (Å²) in [5.74, 6) is -3.72. The van der Waals surface area contributed by atoms with Crippen LogP contribution in [-0.2, 0) is 22.2 Å². The number of carbonyl (C=O) groups excluding carboxylic acids is 1. The van der Waals surface area contributed by atoms with Crippen LogP contribution >= 0.6 is 0 Å². The summed E-state index contributed by atoms with van der Waals surface area (Å²) in [5.41, 5.74) is 1.85. The van der Waals surface area contributed by atoms with E-state index in [1.807, 2.05) is 32.0 Å². The van der Waals surface area contributed by atoms with Gasteiger partial charge >= 0.3 is 12.1 Å². The minimum Gasteiger partial charge on any atom is -0.481 e. The number of carboxylic acids is 1. The van der Waals surface area contributed by atoms with Gasteiger partial charge in [-0.2, -0.15) is 13.2 Å². The fourth-order valence-electron chi connectivity index (χ4n) is 3.12. The van der Waals surface area contributed by atoms with Crippen LogP contribution in [0.1, 0.15) is 29.2 Å². The topological polar surface area (TPSA) is 66.4 Å². The Bertz CT molecular complexity index is 857. The highest BCUT2D eigenvalue weighted by Crippen LogP contribution is 2.31. The molecule has 0 spiro atoms. The van der Waals surface area contributed by atoms with Crippen LogP contribution in [0, 0.1) is 25.7 Å².